The molecule has 1 aliphatic rings. The van der Waals surface area contributed by atoms with Crippen molar-refractivity contribution in [2.24, 2.45) is 0 Å². The van der Waals surface area contributed by atoms with Gasteiger partial charge in [0.15, 0.2) is 0 Å². The van der Waals surface area contributed by atoms with Gasteiger partial charge in [-0.15, -0.1) is 0 Å². The second-order valence-corrected chi connectivity index (χ2v) is 5.04. The molecule has 0 radical (unpaired) electrons. The Bertz CT molecular complexity index is 689. The van der Waals surface area contributed by atoms with Gasteiger partial charge in [-0.1, -0.05) is 18.2 Å². The van der Waals surface area contributed by atoms with E-state index >= 15 is 0 Å². The molecule has 0 spiro atoms. The van der Waals surface area contributed by atoms with Crippen LogP contribution in [0.4, 0.5) is 5.69 Å². The molecule has 0 bridgehead atoms. The third-order valence-corrected chi connectivity index (χ3v) is 3.84. The molecule has 2 aromatic rings. The van der Waals surface area contributed by atoms with Crippen molar-refractivity contribution < 1.29 is 9.90 Å². The van der Waals surface area contributed by atoms with E-state index in [0.29, 0.717) is 0 Å². The smallest absolute Gasteiger partial charge is 0.307 e. The molecule has 0 heterocycles. The fourth-order valence-corrected chi connectivity index (χ4v) is 2.85. The Kier molecular flexibility index (Phi) is 2.56. The zero-order valence-electron chi connectivity index (χ0n) is 10.7. The van der Waals surface area contributed by atoms with E-state index in [-0.39, 0.29) is 6.42 Å². The Morgan fingerprint density at radius 3 is 2.74 bits per heavy atom. The van der Waals surface area contributed by atoms with Gasteiger partial charge in [-0.05, 0) is 58.9 Å². The van der Waals surface area contributed by atoms with Gasteiger partial charge in [0, 0.05) is 5.69 Å². The quantitative estimate of drug-likeness (QED) is 0.690. The van der Waals surface area contributed by atoms with Gasteiger partial charge in [0.2, 0.25) is 0 Å². The summed E-state index contributed by atoms with van der Waals surface area (Å²) < 4.78 is 0. The number of nitrogens with two attached hydrogens (primary N) is 1. The highest BCUT2D eigenvalue weighted by atomic mass is 16.4. The number of aliphatic carboxylic acids is 1. The highest BCUT2D eigenvalue weighted by Crippen LogP contribution is 2.39. The fraction of sp³-hybridized carbons (Fsp3) is 0.188. The van der Waals surface area contributed by atoms with Crippen molar-refractivity contribution in [2.75, 3.05) is 5.73 Å². The molecular formula is C16H15NO2. The van der Waals surface area contributed by atoms with Crippen LogP contribution in [0.15, 0.2) is 30.3 Å². The van der Waals surface area contributed by atoms with E-state index in [4.69, 9.17) is 10.8 Å². The molecule has 3 N–H and O–H groups in total. The summed E-state index contributed by atoms with van der Waals surface area (Å²) in [6, 6.07) is 9.92. The summed E-state index contributed by atoms with van der Waals surface area (Å²) in [6.07, 6.45) is 0.923. The highest BCUT2D eigenvalue weighted by Gasteiger charge is 2.21. The molecule has 0 unspecified atom stereocenters. The standard InChI is InChI=1S/C16H15NO2/c1-9-10(8-16(18)19)2-4-14-13-5-3-12(17)6-11(13)7-15(9)14/h2-6H,7-8,17H2,1H3,(H,18,19). The summed E-state index contributed by atoms with van der Waals surface area (Å²) in [5.74, 6) is -0.789. The fourth-order valence-electron chi connectivity index (χ4n) is 2.85. The normalized spacial score (nSPS) is 12.1. The molecule has 2 aromatic carbocycles. The number of carboxylic acids is 1. The summed E-state index contributed by atoms with van der Waals surface area (Å²) >= 11 is 0. The number of fused-ring (bicyclic) bond motifs is 3. The molecule has 0 atom stereocenters. The summed E-state index contributed by atoms with van der Waals surface area (Å²) in [4.78, 5) is 10.9. The number of rotatable bonds is 2. The van der Waals surface area contributed by atoms with Crippen molar-refractivity contribution in [1.82, 2.24) is 0 Å². The number of nitrogen functional groups attached to an aromatic ring is 1. The van der Waals surface area contributed by atoms with Crippen LogP contribution in [0, 0.1) is 6.92 Å². The number of carbonyl (C=O) groups is 1. The van der Waals surface area contributed by atoms with Gasteiger partial charge in [0.1, 0.15) is 0 Å². The molecule has 96 valence electrons. The minimum atomic E-state index is -0.789. The third-order valence-electron chi connectivity index (χ3n) is 3.84. The predicted octanol–water partition coefficient (Wildman–Crippen LogP) is 2.78. The first-order valence-corrected chi connectivity index (χ1v) is 6.28. The maximum atomic E-state index is 10.9. The minimum absolute atomic E-state index is 0.0809. The molecule has 3 heteroatoms. The van der Waals surface area contributed by atoms with Gasteiger partial charge in [-0.25, -0.2) is 0 Å². The van der Waals surface area contributed by atoms with Gasteiger partial charge in [0.05, 0.1) is 6.42 Å². The Labute approximate surface area is 111 Å². The van der Waals surface area contributed by atoms with Crippen LogP contribution in [0.1, 0.15) is 22.3 Å². The number of carboxylic acid groups (broad SMARTS) is 1. The van der Waals surface area contributed by atoms with Crippen molar-refractivity contribution in [3.63, 3.8) is 0 Å². The van der Waals surface area contributed by atoms with Crippen LogP contribution in [-0.4, -0.2) is 11.1 Å². The second kappa shape index (κ2) is 4.12. The first kappa shape index (κ1) is 11.8. The minimum Gasteiger partial charge on any atom is -0.481 e. The third kappa shape index (κ3) is 1.87. The van der Waals surface area contributed by atoms with Gasteiger partial charge in [-0.3, -0.25) is 4.79 Å². The van der Waals surface area contributed by atoms with Crippen molar-refractivity contribution >= 4 is 11.7 Å². The topological polar surface area (TPSA) is 63.3 Å². The summed E-state index contributed by atoms with van der Waals surface area (Å²) in [7, 11) is 0. The van der Waals surface area contributed by atoms with Crippen LogP contribution in [0.3, 0.4) is 0 Å². The molecule has 0 amide bonds. The Morgan fingerprint density at radius 2 is 2.00 bits per heavy atom. The molecule has 3 rings (SSSR count). The maximum Gasteiger partial charge on any atom is 0.307 e. The van der Waals surface area contributed by atoms with Crippen LogP contribution in [0.5, 0.6) is 0 Å². The molecular weight excluding hydrogens is 238 g/mol. The van der Waals surface area contributed by atoms with Gasteiger partial charge < -0.3 is 10.8 Å². The molecule has 0 saturated carbocycles. The molecule has 0 aliphatic heterocycles. The van der Waals surface area contributed by atoms with Crippen molar-refractivity contribution in [1.29, 1.82) is 0 Å². The van der Waals surface area contributed by atoms with Crippen LogP contribution in [0.25, 0.3) is 11.1 Å². The summed E-state index contributed by atoms with van der Waals surface area (Å²) in [6.45, 7) is 2.01. The molecule has 1 aliphatic carbocycles. The zero-order chi connectivity index (χ0) is 13.6. The molecule has 3 nitrogen and oxygen atoms in total. The van der Waals surface area contributed by atoms with E-state index in [9.17, 15) is 4.79 Å². The number of hydrogen-bond donors (Lipinski definition) is 2. The molecule has 0 fully saturated rings. The van der Waals surface area contributed by atoms with Crippen molar-refractivity contribution in [2.45, 2.75) is 19.8 Å². The van der Waals surface area contributed by atoms with Crippen molar-refractivity contribution in [3.8, 4) is 11.1 Å². The maximum absolute atomic E-state index is 10.9. The lowest BCUT2D eigenvalue weighted by molar-refractivity contribution is -0.136. The lowest BCUT2D eigenvalue weighted by atomic mass is 9.96. The van der Waals surface area contributed by atoms with Crippen LogP contribution in [-0.2, 0) is 17.6 Å². The Balaban J connectivity index is 2.11. The number of benzene rings is 2. The van der Waals surface area contributed by atoms with Crippen LogP contribution in [0.2, 0.25) is 0 Å². The summed E-state index contributed by atoms with van der Waals surface area (Å²) in [5, 5.41) is 8.93. The van der Waals surface area contributed by atoms with E-state index < -0.39 is 5.97 Å². The van der Waals surface area contributed by atoms with Gasteiger partial charge in [-0.2, -0.15) is 0 Å². The molecule has 0 aromatic heterocycles. The highest BCUT2D eigenvalue weighted by molar-refractivity contribution is 5.81. The van der Waals surface area contributed by atoms with E-state index in [1.807, 2.05) is 37.3 Å². The average Bonchev–Trinajstić information content (AvgIpc) is 2.70. The van der Waals surface area contributed by atoms with E-state index in [0.717, 1.165) is 23.2 Å². The zero-order valence-corrected chi connectivity index (χ0v) is 10.7. The predicted molar refractivity (Wildman–Crippen MR) is 75.2 cm³/mol. The summed E-state index contributed by atoms with van der Waals surface area (Å²) in [5.41, 5.74) is 13.5. The second-order valence-electron chi connectivity index (χ2n) is 5.04. The van der Waals surface area contributed by atoms with E-state index in [2.05, 4.69) is 0 Å². The van der Waals surface area contributed by atoms with Crippen molar-refractivity contribution in [3.05, 3.63) is 52.6 Å². The number of anilines is 1. The lowest BCUT2D eigenvalue weighted by Gasteiger charge is -2.09. The van der Waals surface area contributed by atoms with Gasteiger partial charge >= 0.3 is 5.97 Å². The Hall–Kier alpha value is -2.29. The number of hydrogen-bond acceptors (Lipinski definition) is 2. The molecule has 19 heavy (non-hydrogen) atoms. The Morgan fingerprint density at radius 1 is 1.26 bits per heavy atom. The van der Waals surface area contributed by atoms with Crippen LogP contribution >= 0.6 is 0 Å². The van der Waals surface area contributed by atoms with Crippen LogP contribution < -0.4 is 5.73 Å². The SMILES string of the molecule is Cc1c(CC(=O)O)ccc2c1Cc1cc(N)ccc1-2. The first-order valence-electron chi connectivity index (χ1n) is 6.28. The lowest BCUT2D eigenvalue weighted by Crippen LogP contribution is -2.03. The first-order chi connectivity index (χ1) is 9.06. The van der Waals surface area contributed by atoms with E-state index in [1.54, 1.807) is 0 Å². The monoisotopic (exact) mass is 253 g/mol. The van der Waals surface area contributed by atoms with Gasteiger partial charge in [0.25, 0.3) is 0 Å². The van der Waals surface area contributed by atoms with E-state index in [1.165, 1.54) is 22.3 Å². The largest absolute Gasteiger partial charge is 0.481 e. The average molecular weight is 253 g/mol. The molecule has 0 saturated heterocycles.